The predicted molar refractivity (Wildman–Crippen MR) is 53.6 cm³/mol. The van der Waals surface area contributed by atoms with Crippen LogP contribution >= 0.6 is 23.2 Å². The van der Waals surface area contributed by atoms with Gasteiger partial charge in [-0.2, -0.15) is 0 Å². The number of rotatable bonds is 7. The van der Waals surface area contributed by atoms with E-state index < -0.39 is 0 Å². The van der Waals surface area contributed by atoms with Crippen LogP contribution < -0.4 is 5.32 Å². The van der Waals surface area contributed by atoms with E-state index in [2.05, 4.69) is 5.32 Å². The third kappa shape index (κ3) is 8.34. The van der Waals surface area contributed by atoms with Crippen molar-refractivity contribution in [2.45, 2.75) is 19.3 Å². The van der Waals surface area contributed by atoms with E-state index in [1.165, 1.54) is 5.54 Å². The van der Waals surface area contributed by atoms with Crippen LogP contribution in [0.2, 0.25) is 0 Å². The van der Waals surface area contributed by atoms with E-state index in [-0.39, 0.29) is 6.61 Å². The molecule has 0 aliphatic rings. The summed E-state index contributed by atoms with van der Waals surface area (Å²) in [5, 5.41) is 12.2. The molecule has 0 unspecified atom stereocenters. The van der Waals surface area contributed by atoms with Gasteiger partial charge in [0.25, 0.3) is 0 Å². The Labute approximate surface area is 83.6 Å². The summed E-state index contributed by atoms with van der Waals surface area (Å²) in [5.74, 6) is 0. The van der Waals surface area contributed by atoms with E-state index in [0.717, 1.165) is 25.8 Å². The topological polar surface area (TPSA) is 32.3 Å². The zero-order valence-corrected chi connectivity index (χ0v) is 8.53. The molecule has 2 nitrogen and oxygen atoms in total. The van der Waals surface area contributed by atoms with Crippen molar-refractivity contribution in [1.82, 2.24) is 5.32 Å². The van der Waals surface area contributed by atoms with Gasteiger partial charge in [0.05, 0.1) is 0 Å². The lowest BCUT2D eigenvalue weighted by atomic mass is 10.2. The number of hydrogen-bond acceptors (Lipinski definition) is 2. The summed E-state index contributed by atoms with van der Waals surface area (Å²) in [5.41, 5.74) is 1.36. The van der Waals surface area contributed by atoms with Crippen LogP contribution in [0.3, 0.4) is 0 Å². The molecule has 4 heteroatoms. The Bertz CT molecular complexity index is 128. The van der Waals surface area contributed by atoms with Gasteiger partial charge in [0.15, 0.2) is 0 Å². The van der Waals surface area contributed by atoms with Gasteiger partial charge in [0.2, 0.25) is 0 Å². The molecular weight excluding hydrogens is 197 g/mol. The van der Waals surface area contributed by atoms with Gasteiger partial charge < -0.3 is 10.4 Å². The minimum absolute atomic E-state index is 0.280. The average Bonchev–Trinajstić information content (AvgIpc) is 2.10. The van der Waals surface area contributed by atoms with Crippen LogP contribution in [-0.4, -0.2) is 24.8 Å². The lowest BCUT2D eigenvalue weighted by Gasteiger charge is -2.01. The number of aliphatic hydroxyl groups is 1. The molecule has 72 valence electrons. The van der Waals surface area contributed by atoms with Crippen molar-refractivity contribution in [3.8, 4) is 0 Å². The second kappa shape index (κ2) is 9.33. The molecule has 0 atom stereocenters. The molecule has 12 heavy (non-hydrogen) atoms. The molecule has 0 aromatic heterocycles. The second-order valence-electron chi connectivity index (χ2n) is 2.52. The summed E-state index contributed by atoms with van der Waals surface area (Å²) in [7, 11) is 0. The smallest absolute Gasteiger partial charge is 0.0431 e. The Morgan fingerprint density at radius 3 is 2.67 bits per heavy atom. The van der Waals surface area contributed by atoms with E-state index >= 15 is 0 Å². The SMILES string of the molecule is OCCCCCNCC(Cl)=CCl. The van der Waals surface area contributed by atoms with Crippen LogP contribution in [-0.2, 0) is 0 Å². The van der Waals surface area contributed by atoms with Crippen molar-refractivity contribution in [3.05, 3.63) is 10.6 Å². The summed E-state index contributed by atoms with van der Waals surface area (Å²) in [6.07, 6.45) is 2.99. The van der Waals surface area contributed by atoms with Crippen LogP contribution in [0.1, 0.15) is 19.3 Å². The fraction of sp³-hybridized carbons (Fsp3) is 0.750. The maximum absolute atomic E-state index is 8.48. The van der Waals surface area contributed by atoms with Crippen LogP contribution in [0.15, 0.2) is 10.6 Å². The van der Waals surface area contributed by atoms with Crippen molar-refractivity contribution in [2.75, 3.05) is 19.7 Å². The highest BCUT2D eigenvalue weighted by Gasteiger charge is 1.91. The van der Waals surface area contributed by atoms with Crippen molar-refractivity contribution < 1.29 is 5.11 Å². The molecule has 2 N–H and O–H groups in total. The Morgan fingerprint density at radius 1 is 1.33 bits per heavy atom. The van der Waals surface area contributed by atoms with Crippen LogP contribution in [0.5, 0.6) is 0 Å². The quantitative estimate of drug-likeness (QED) is 0.633. The third-order valence-electron chi connectivity index (χ3n) is 1.42. The Hall–Kier alpha value is 0.240. The minimum Gasteiger partial charge on any atom is -0.396 e. The van der Waals surface area contributed by atoms with Crippen molar-refractivity contribution >= 4 is 23.2 Å². The van der Waals surface area contributed by atoms with Gasteiger partial charge in [0.1, 0.15) is 0 Å². The first-order valence-electron chi connectivity index (χ1n) is 4.07. The monoisotopic (exact) mass is 211 g/mol. The van der Waals surface area contributed by atoms with E-state index in [9.17, 15) is 0 Å². The predicted octanol–water partition coefficient (Wildman–Crippen LogP) is 2.06. The molecule has 0 aliphatic heterocycles. The molecule has 0 rings (SSSR count). The molecular formula is C8H15Cl2NO. The van der Waals surface area contributed by atoms with Crippen molar-refractivity contribution in [3.63, 3.8) is 0 Å². The normalized spacial score (nSPS) is 12.1. The number of hydrogen-bond donors (Lipinski definition) is 2. The Balaban J connectivity index is 3.00. The summed E-state index contributed by atoms with van der Waals surface area (Å²) in [4.78, 5) is 0. The van der Waals surface area contributed by atoms with Crippen LogP contribution in [0.25, 0.3) is 0 Å². The zero-order chi connectivity index (χ0) is 9.23. The average molecular weight is 212 g/mol. The Kier molecular flexibility index (Phi) is 9.52. The largest absolute Gasteiger partial charge is 0.396 e. The molecule has 0 aromatic rings. The van der Waals surface area contributed by atoms with Gasteiger partial charge in [0, 0.05) is 23.7 Å². The summed E-state index contributed by atoms with van der Waals surface area (Å²) < 4.78 is 0. The minimum atomic E-state index is 0.280. The molecule has 0 saturated carbocycles. The van der Waals surface area contributed by atoms with E-state index in [0.29, 0.717) is 11.6 Å². The lowest BCUT2D eigenvalue weighted by Crippen LogP contribution is -2.16. The van der Waals surface area contributed by atoms with Gasteiger partial charge in [-0.3, -0.25) is 0 Å². The van der Waals surface area contributed by atoms with Gasteiger partial charge in [-0.05, 0) is 25.8 Å². The zero-order valence-electron chi connectivity index (χ0n) is 7.02. The number of unbranched alkanes of at least 4 members (excludes halogenated alkanes) is 2. The molecule has 0 heterocycles. The van der Waals surface area contributed by atoms with E-state index in [4.69, 9.17) is 28.3 Å². The van der Waals surface area contributed by atoms with E-state index in [1.54, 1.807) is 0 Å². The Morgan fingerprint density at radius 2 is 2.08 bits per heavy atom. The summed E-state index contributed by atoms with van der Waals surface area (Å²) in [6, 6.07) is 0. The standard InChI is InChI=1S/C8H15Cl2NO/c9-6-8(10)7-11-4-2-1-3-5-12/h6,11-12H,1-5,7H2. The fourth-order valence-electron chi connectivity index (χ4n) is 0.785. The molecule has 0 spiro atoms. The highest BCUT2D eigenvalue weighted by atomic mass is 35.5. The van der Waals surface area contributed by atoms with Crippen molar-refractivity contribution in [2.24, 2.45) is 0 Å². The van der Waals surface area contributed by atoms with Gasteiger partial charge in [-0.25, -0.2) is 0 Å². The highest BCUT2D eigenvalue weighted by molar-refractivity contribution is 6.36. The van der Waals surface area contributed by atoms with E-state index in [1.807, 2.05) is 0 Å². The molecule has 0 fully saturated rings. The fourth-order valence-corrected chi connectivity index (χ4v) is 0.957. The third-order valence-corrected chi connectivity index (χ3v) is 2.04. The first-order chi connectivity index (χ1) is 5.81. The molecule has 0 aliphatic carbocycles. The maximum atomic E-state index is 8.48. The summed E-state index contributed by atoms with van der Waals surface area (Å²) >= 11 is 11.0. The number of halogens is 2. The first-order valence-corrected chi connectivity index (χ1v) is 4.89. The number of aliphatic hydroxyl groups excluding tert-OH is 1. The maximum Gasteiger partial charge on any atom is 0.0431 e. The molecule has 0 aromatic carbocycles. The molecule has 0 amide bonds. The lowest BCUT2D eigenvalue weighted by molar-refractivity contribution is 0.283. The van der Waals surface area contributed by atoms with Gasteiger partial charge in [-0.15, -0.1) is 0 Å². The first kappa shape index (κ1) is 12.2. The van der Waals surface area contributed by atoms with Crippen molar-refractivity contribution in [1.29, 1.82) is 0 Å². The molecule has 0 saturated heterocycles. The number of nitrogens with one attached hydrogen (secondary N) is 1. The molecule has 0 bridgehead atoms. The van der Waals surface area contributed by atoms with Gasteiger partial charge in [-0.1, -0.05) is 23.2 Å². The van der Waals surface area contributed by atoms with Gasteiger partial charge >= 0.3 is 0 Å². The molecule has 0 radical (unpaired) electrons. The summed E-state index contributed by atoms with van der Waals surface area (Å²) in [6.45, 7) is 1.83. The highest BCUT2D eigenvalue weighted by Crippen LogP contribution is 2.00. The van der Waals surface area contributed by atoms with Crippen LogP contribution in [0.4, 0.5) is 0 Å². The second-order valence-corrected chi connectivity index (χ2v) is 3.22. The van der Waals surface area contributed by atoms with Crippen LogP contribution in [0, 0.1) is 0 Å².